The number of anilines is 1. The maximum absolute atomic E-state index is 14.2. The number of hydrogen-bond acceptors (Lipinski definition) is 7. The van der Waals surface area contributed by atoms with Crippen molar-refractivity contribution in [1.29, 1.82) is 0 Å². The first-order valence-electron chi connectivity index (χ1n) is 13.6. The molecule has 0 bridgehead atoms. The normalized spacial score (nSPS) is 12.6. The first-order valence-corrected chi connectivity index (χ1v) is 16.3. The lowest BCUT2D eigenvalue weighted by Gasteiger charge is -2.33. The van der Waals surface area contributed by atoms with Gasteiger partial charge in [-0.1, -0.05) is 52.7 Å². The van der Waals surface area contributed by atoms with Crippen molar-refractivity contribution in [3.63, 3.8) is 0 Å². The van der Waals surface area contributed by atoms with Crippen molar-refractivity contribution in [3.05, 3.63) is 91.4 Å². The van der Waals surface area contributed by atoms with Crippen molar-refractivity contribution in [2.24, 2.45) is 0 Å². The molecule has 0 radical (unpaired) electrons. The topological polar surface area (TPSA) is 139 Å². The van der Waals surface area contributed by atoms with Crippen LogP contribution in [0, 0.1) is 17.0 Å². The van der Waals surface area contributed by atoms with Crippen LogP contribution in [0.4, 0.5) is 11.4 Å². The van der Waals surface area contributed by atoms with Crippen molar-refractivity contribution >= 4 is 60.7 Å². The predicted molar refractivity (Wildman–Crippen MR) is 172 cm³/mol. The number of halogens is 2. The SMILES string of the molecule is CC[C@@H](C)NC(=O)[C@H](C)N(Cc1ccc(Br)cc1)C(=O)CN(c1cc(Cl)ccc1OC)S(=O)(=O)c1ccc(C)c([N+](=O)[O-])c1. The lowest BCUT2D eigenvalue weighted by Crippen LogP contribution is -2.52. The minimum Gasteiger partial charge on any atom is -0.495 e. The summed E-state index contributed by atoms with van der Waals surface area (Å²) in [7, 11) is -3.29. The van der Waals surface area contributed by atoms with Gasteiger partial charge >= 0.3 is 0 Å². The summed E-state index contributed by atoms with van der Waals surface area (Å²) in [6, 6.07) is 13.8. The Morgan fingerprint density at radius 1 is 1.09 bits per heavy atom. The summed E-state index contributed by atoms with van der Waals surface area (Å²) < 4.78 is 35.4. The van der Waals surface area contributed by atoms with Crippen molar-refractivity contribution in [2.75, 3.05) is 18.0 Å². The third-order valence-electron chi connectivity index (χ3n) is 7.09. The number of nitro benzene ring substituents is 1. The van der Waals surface area contributed by atoms with E-state index in [-0.39, 0.29) is 34.6 Å². The number of sulfonamides is 1. The van der Waals surface area contributed by atoms with E-state index in [1.807, 2.05) is 13.8 Å². The smallest absolute Gasteiger partial charge is 0.273 e. The maximum Gasteiger partial charge on any atom is 0.273 e. The molecular weight excluding hydrogens is 676 g/mol. The summed E-state index contributed by atoms with van der Waals surface area (Å²) in [5.74, 6) is -1.02. The average Bonchev–Trinajstić information content (AvgIpc) is 2.98. The molecule has 0 aliphatic heterocycles. The van der Waals surface area contributed by atoms with E-state index < -0.39 is 49.9 Å². The van der Waals surface area contributed by atoms with Gasteiger partial charge in [-0.3, -0.25) is 24.0 Å². The van der Waals surface area contributed by atoms with Crippen LogP contribution in [0.3, 0.4) is 0 Å². The number of nitrogens with one attached hydrogen (secondary N) is 1. The standard InChI is InChI=1S/C30H34BrClN4O7S/c1-6-20(3)33-30(38)21(4)34(17-22-8-10-23(31)11-9-22)29(37)18-35(27-15-24(32)12-14-28(27)43-5)44(41,42)25-13-7-19(2)26(16-25)36(39)40/h7-16,20-21H,6,17-18H2,1-5H3,(H,33,38)/t20-,21+/m1/s1. The number of aryl methyl sites for hydroxylation is 1. The molecule has 0 fully saturated rings. The number of benzene rings is 3. The monoisotopic (exact) mass is 708 g/mol. The molecule has 3 aromatic carbocycles. The third kappa shape index (κ3) is 8.27. The van der Waals surface area contributed by atoms with E-state index in [0.717, 1.165) is 14.8 Å². The van der Waals surface area contributed by atoms with Crippen LogP contribution in [0.2, 0.25) is 5.02 Å². The number of rotatable bonds is 13. The highest BCUT2D eigenvalue weighted by Crippen LogP contribution is 2.36. The Balaban J connectivity index is 2.15. The zero-order valence-electron chi connectivity index (χ0n) is 24.9. The molecule has 44 heavy (non-hydrogen) atoms. The Morgan fingerprint density at radius 3 is 2.34 bits per heavy atom. The van der Waals surface area contributed by atoms with Crippen molar-refractivity contribution in [1.82, 2.24) is 10.2 Å². The maximum atomic E-state index is 14.2. The van der Waals surface area contributed by atoms with E-state index in [1.54, 1.807) is 31.2 Å². The van der Waals surface area contributed by atoms with Crippen LogP contribution in [0.15, 0.2) is 70.0 Å². The van der Waals surface area contributed by atoms with Crippen molar-refractivity contribution in [3.8, 4) is 5.75 Å². The molecule has 3 aromatic rings. The molecule has 0 aliphatic rings. The number of carbonyl (C=O) groups is 2. The fourth-order valence-corrected chi connectivity index (χ4v) is 6.15. The molecule has 0 heterocycles. The van der Waals surface area contributed by atoms with Crippen molar-refractivity contribution < 1.29 is 27.7 Å². The van der Waals surface area contributed by atoms with Gasteiger partial charge in [0.25, 0.3) is 15.7 Å². The van der Waals surface area contributed by atoms with Gasteiger partial charge in [-0.2, -0.15) is 0 Å². The average molecular weight is 710 g/mol. The van der Waals surface area contributed by atoms with E-state index in [0.29, 0.717) is 12.0 Å². The number of hydrogen-bond donors (Lipinski definition) is 1. The fraction of sp³-hybridized carbons (Fsp3) is 0.333. The van der Waals surface area contributed by atoms with E-state index in [1.165, 1.54) is 49.3 Å². The summed E-state index contributed by atoms with van der Waals surface area (Å²) in [5.41, 5.74) is 0.506. The zero-order chi connectivity index (χ0) is 32.8. The van der Waals surface area contributed by atoms with Crippen molar-refractivity contribution in [2.45, 2.75) is 57.6 Å². The number of carbonyl (C=O) groups excluding carboxylic acids is 2. The minimum absolute atomic E-state index is 0.00220. The summed E-state index contributed by atoms with van der Waals surface area (Å²) in [4.78, 5) is 39.2. The quantitative estimate of drug-likeness (QED) is 0.173. The van der Waals surface area contributed by atoms with Crippen LogP contribution in [-0.4, -0.2) is 55.8 Å². The van der Waals surface area contributed by atoms with Gasteiger partial charge < -0.3 is 15.0 Å². The van der Waals surface area contributed by atoms with Crippen LogP contribution in [0.1, 0.15) is 38.3 Å². The van der Waals surface area contributed by atoms with Crippen LogP contribution in [0.5, 0.6) is 5.75 Å². The summed E-state index contributed by atoms with van der Waals surface area (Å²) in [5, 5.41) is 14.7. The van der Waals surface area contributed by atoms with Gasteiger partial charge in [0.2, 0.25) is 11.8 Å². The zero-order valence-corrected chi connectivity index (χ0v) is 28.1. The number of amides is 2. The van der Waals surface area contributed by atoms with E-state index >= 15 is 0 Å². The molecule has 0 spiro atoms. The molecular formula is C30H34BrClN4O7S. The summed E-state index contributed by atoms with van der Waals surface area (Å²) in [6.45, 7) is 6.04. The van der Waals surface area contributed by atoms with Gasteiger partial charge in [0, 0.05) is 33.7 Å². The minimum atomic E-state index is -4.62. The third-order valence-corrected chi connectivity index (χ3v) is 9.61. The highest BCUT2D eigenvalue weighted by molar-refractivity contribution is 9.10. The lowest BCUT2D eigenvalue weighted by molar-refractivity contribution is -0.385. The van der Waals surface area contributed by atoms with E-state index in [4.69, 9.17) is 16.3 Å². The Bertz CT molecular complexity index is 1640. The molecule has 3 rings (SSSR count). The second-order valence-corrected chi connectivity index (χ2v) is 13.4. The summed E-state index contributed by atoms with van der Waals surface area (Å²) >= 11 is 9.64. The molecule has 236 valence electrons. The van der Waals surface area contributed by atoms with Gasteiger partial charge in [0.05, 0.1) is 22.6 Å². The Labute approximate surface area is 270 Å². The first kappa shape index (κ1) is 34.8. The molecule has 0 aromatic heterocycles. The number of methoxy groups -OCH3 is 1. The highest BCUT2D eigenvalue weighted by Gasteiger charge is 2.35. The molecule has 0 saturated heterocycles. The molecule has 0 unspecified atom stereocenters. The number of ether oxygens (including phenoxy) is 1. The fourth-order valence-electron chi connectivity index (χ4n) is 4.28. The van der Waals surface area contributed by atoms with Crippen LogP contribution < -0.4 is 14.4 Å². The lowest BCUT2D eigenvalue weighted by atomic mass is 10.1. The van der Waals surface area contributed by atoms with Gasteiger partial charge in [0.15, 0.2) is 0 Å². The predicted octanol–water partition coefficient (Wildman–Crippen LogP) is 5.86. The second-order valence-electron chi connectivity index (χ2n) is 10.2. The molecule has 1 N–H and O–H groups in total. The van der Waals surface area contributed by atoms with Gasteiger partial charge in [-0.15, -0.1) is 0 Å². The highest BCUT2D eigenvalue weighted by atomic mass is 79.9. The van der Waals surface area contributed by atoms with Crippen LogP contribution in [0.25, 0.3) is 0 Å². The molecule has 2 amide bonds. The molecule has 0 saturated carbocycles. The van der Waals surface area contributed by atoms with Gasteiger partial charge in [-0.05, 0) is 69.2 Å². The number of nitrogens with zero attached hydrogens (tertiary/aromatic N) is 3. The van der Waals surface area contributed by atoms with Gasteiger partial charge in [-0.25, -0.2) is 8.42 Å². The van der Waals surface area contributed by atoms with Gasteiger partial charge in [0.1, 0.15) is 18.3 Å². The largest absolute Gasteiger partial charge is 0.495 e. The molecule has 2 atom stereocenters. The number of nitro groups is 1. The summed E-state index contributed by atoms with van der Waals surface area (Å²) in [6.07, 6.45) is 0.669. The van der Waals surface area contributed by atoms with E-state index in [2.05, 4.69) is 21.2 Å². The first-order chi connectivity index (χ1) is 20.7. The Kier molecular flexibility index (Phi) is 11.8. The van der Waals surface area contributed by atoms with Crippen LogP contribution in [-0.2, 0) is 26.2 Å². The Hall–Kier alpha value is -3.68. The Morgan fingerprint density at radius 2 is 1.75 bits per heavy atom. The molecule has 11 nitrogen and oxygen atoms in total. The molecule has 14 heteroatoms. The van der Waals surface area contributed by atoms with E-state index in [9.17, 15) is 28.1 Å². The second kappa shape index (κ2) is 14.9. The van der Waals surface area contributed by atoms with Crippen LogP contribution >= 0.6 is 27.5 Å². The molecule has 0 aliphatic carbocycles.